The Morgan fingerprint density at radius 3 is 2.04 bits per heavy atom. The molecule has 0 aromatic heterocycles. The smallest absolute Gasteiger partial charge is 0.201 e. The molecule has 0 radical (unpaired) electrons. The van der Waals surface area contributed by atoms with Gasteiger partial charge in [-0.1, -0.05) is 118 Å². The van der Waals surface area contributed by atoms with Gasteiger partial charge in [0.25, 0.3) is 0 Å². The zero-order valence-corrected chi connectivity index (χ0v) is 32.4. The van der Waals surface area contributed by atoms with Crippen LogP contribution in [0, 0.1) is 0 Å². The zero-order valence-electron chi connectivity index (χ0n) is 32.4. The SMILES string of the molecule is C=C=C=C=C=C=C=C=C=C=CC1(C)N=c2c(=C3C(=O)C(c4ccc5cccc6c5c4NC(C)(CCCCCCCCCCC)N6)=C3O)ccc3cccc(c23)N1. The standard InChI is InChI=1S/C50H46N4O2/c1-5-7-9-11-13-15-17-19-21-33-49(3)51-39-27-23-25-35-29-31-37(45(53-49)41(35)39)43-47(55)44(48(43)56)38-32-30-36-26-24-28-40-42(36)46(38)54-50(4,52-40)34-22-20-18-16-14-12-10-8-6-2/h23-33,51-52,54-55H,1,6,8,10,12,14,16,18,20,22,34H2,2-4H3. The number of nitrogens with one attached hydrogen (secondary N) is 3. The number of carbonyl (C=O) groups is 1. The van der Waals surface area contributed by atoms with E-state index < -0.39 is 11.3 Å². The van der Waals surface area contributed by atoms with Crippen molar-refractivity contribution < 1.29 is 9.90 Å². The van der Waals surface area contributed by atoms with Gasteiger partial charge in [0.15, 0.2) is 5.66 Å². The minimum Gasteiger partial charge on any atom is -0.506 e. The second-order valence-corrected chi connectivity index (χ2v) is 15.1. The molecule has 278 valence electrons. The van der Waals surface area contributed by atoms with Crippen LogP contribution in [0.1, 0.15) is 90.5 Å². The van der Waals surface area contributed by atoms with Gasteiger partial charge in [0.05, 0.1) is 22.2 Å². The summed E-state index contributed by atoms with van der Waals surface area (Å²) in [4.78, 5) is 19.5. The van der Waals surface area contributed by atoms with E-state index in [4.69, 9.17) is 4.99 Å². The van der Waals surface area contributed by atoms with E-state index in [1.807, 2.05) is 49.4 Å². The summed E-state index contributed by atoms with van der Waals surface area (Å²) in [5, 5.41) is 28.1. The molecule has 0 saturated carbocycles. The van der Waals surface area contributed by atoms with E-state index in [2.05, 4.69) is 106 Å². The first kappa shape index (κ1) is 37.7. The molecule has 0 fully saturated rings. The number of ketones is 1. The number of Topliss-reactive ketones (excluding diaryl/α,β-unsaturated/α-hetero) is 1. The van der Waals surface area contributed by atoms with Gasteiger partial charge in [-0.2, -0.15) is 0 Å². The molecule has 1 aliphatic carbocycles. The van der Waals surface area contributed by atoms with E-state index in [1.165, 1.54) is 51.4 Å². The van der Waals surface area contributed by atoms with Crippen molar-refractivity contribution in [1.29, 1.82) is 0 Å². The summed E-state index contributed by atoms with van der Waals surface area (Å²) in [7, 11) is 0. The summed E-state index contributed by atoms with van der Waals surface area (Å²) in [6.07, 6.45) is 14.1. The van der Waals surface area contributed by atoms with Crippen molar-refractivity contribution >= 4 is 55.5 Å². The summed E-state index contributed by atoms with van der Waals surface area (Å²) in [6.45, 7) is 9.76. The fourth-order valence-corrected chi connectivity index (χ4v) is 8.04. The maximum atomic E-state index is 14.4. The Hall–Kier alpha value is -6.56. The number of allylic oxidation sites excluding steroid dienone is 2. The molecule has 6 heteroatoms. The second kappa shape index (κ2) is 16.4. The van der Waals surface area contributed by atoms with Gasteiger partial charge in [-0.3, -0.25) is 9.79 Å². The van der Waals surface area contributed by atoms with Crippen LogP contribution < -0.4 is 26.5 Å². The van der Waals surface area contributed by atoms with Gasteiger partial charge in [-0.25, -0.2) is 0 Å². The van der Waals surface area contributed by atoms with Crippen LogP contribution in [-0.2, 0) is 4.79 Å². The summed E-state index contributed by atoms with van der Waals surface area (Å²) < 4.78 is 0. The third-order valence-electron chi connectivity index (χ3n) is 10.7. The first-order valence-corrected chi connectivity index (χ1v) is 19.7. The quantitative estimate of drug-likeness (QED) is 0.0860. The third-order valence-corrected chi connectivity index (χ3v) is 10.7. The van der Waals surface area contributed by atoms with Gasteiger partial charge in [0, 0.05) is 39.0 Å². The molecular weight excluding hydrogens is 689 g/mol. The minimum absolute atomic E-state index is 0.0246. The third kappa shape index (κ3) is 7.68. The maximum absolute atomic E-state index is 14.4. The van der Waals surface area contributed by atoms with Crippen molar-refractivity contribution in [3.8, 4) is 0 Å². The maximum Gasteiger partial charge on any atom is 0.201 e. The molecule has 6 nitrogen and oxygen atoms in total. The van der Waals surface area contributed by atoms with Crippen molar-refractivity contribution in [2.45, 2.75) is 96.3 Å². The van der Waals surface area contributed by atoms with Gasteiger partial charge >= 0.3 is 0 Å². The van der Waals surface area contributed by atoms with E-state index in [-0.39, 0.29) is 17.1 Å². The first-order valence-electron chi connectivity index (χ1n) is 19.7. The number of aliphatic hydroxyl groups excluding tert-OH is 1. The fraction of sp³-hybridized carbons (Fsp3) is 0.300. The van der Waals surface area contributed by atoms with Crippen LogP contribution in [-0.4, -0.2) is 22.2 Å². The summed E-state index contributed by atoms with van der Waals surface area (Å²) in [5.74, 6) is -0.237. The van der Waals surface area contributed by atoms with E-state index in [9.17, 15) is 9.90 Å². The van der Waals surface area contributed by atoms with Gasteiger partial charge in [-0.05, 0) is 96.3 Å². The second-order valence-electron chi connectivity index (χ2n) is 15.1. The van der Waals surface area contributed by atoms with Crippen LogP contribution in [0.15, 0.2) is 136 Å². The molecule has 4 aromatic carbocycles. The van der Waals surface area contributed by atoms with Crippen molar-refractivity contribution in [2.75, 3.05) is 16.0 Å². The van der Waals surface area contributed by atoms with E-state index in [0.717, 1.165) is 51.4 Å². The Balaban J connectivity index is 1.26. The molecule has 7 rings (SSSR count). The average Bonchev–Trinajstić information content (AvgIpc) is 3.18. The normalized spacial score (nSPS) is 19.4. The highest BCUT2D eigenvalue weighted by Gasteiger charge is 2.40. The van der Waals surface area contributed by atoms with Gasteiger partial charge in [0.2, 0.25) is 5.78 Å². The lowest BCUT2D eigenvalue weighted by Gasteiger charge is -2.40. The van der Waals surface area contributed by atoms with Crippen LogP contribution >= 0.6 is 0 Å². The average molecular weight is 735 g/mol. The Bertz CT molecular complexity index is 2810. The molecule has 2 atom stereocenters. The van der Waals surface area contributed by atoms with Crippen LogP contribution in [0.25, 0.3) is 32.7 Å². The lowest BCUT2D eigenvalue weighted by Crippen LogP contribution is -2.46. The van der Waals surface area contributed by atoms with Crippen molar-refractivity contribution in [1.82, 2.24) is 0 Å². The molecule has 0 spiro atoms. The molecule has 3 aliphatic rings. The van der Waals surface area contributed by atoms with E-state index in [0.29, 0.717) is 21.7 Å². The highest BCUT2D eigenvalue weighted by atomic mass is 16.3. The summed E-state index contributed by atoms with van der Waals surface area (Å²) in [5.41, 5.74) is 26.6. The number of hydrogen-bond acceptors (Lipinski definition) is 6. The molecular formula is C50H46N4O2. The number of nitrogens with zero attached hydrogens (tertiary/aromatic N) is 1. The Morgan fingerprint density at radius 2 is 1.34 bits per heavy atom. The van der Waals surface area contributed by atoms with Gasteiger partial charge < -0.3 is 21.1 Å². The number of rotatable bonds is 12. The number of benzene rings is 4. The van der Waals surface area contributed by atoms with Crippen LogP contribution in [0.2, 0.25) is 0 Å². The van der Waals surface area contributed by atoms with Gasteiger partial charge in [0.1, 0.15) is 11.4 Å². The molecule has 2 aliphatic heterocycles. The zero-order chi connectivity index (χ0) is 39.1. The molecule has 4 aromatic rings. The largest absolute Gasteiger partial charge is 0.506 e. The van der Waals surface area contributed by atoms with Crippen LogP contribution in [0.4, 0.5) is 17.1 Å². The van der Waals surface area contributed by atoms with Crippen molar-refractivity contribution in [3.05, 3.63) is 147 Å². The predicted molar refractivity (Wildman–Crippen MR) is 228 cm³/mol. The number of anilines is 3. The van der Waals surface area contributed by atoms with Crippen LogP contribution in [0.5, 0.6) is 0 Å². The summed E-state index contributed by atoms with van der Waals surface area (Å²) >= 11 is 0. The van der Waals surface area contributed by atoms with E-state index >= 15 is 0 Å². The molecule has 0 amide bonds. The molecule has 2 unspecified atom stereocenters. The molecule has 4 N–H and O–H groups in total. The molecule has 2 heterocycles. The lowest BCUT2D eigenvalue weighted by molar-refractivity contribution is -0.109. The first-order chi connectivity index (χ1) is 27.3. The number of aliphatic hydroxyl groups is 1. The topological polar surface area (TPSA) is 85.8 Å². The number of unbranched alkanes of at least 4 members (excludes halogenated alkanes) is 8. The number of hydrogen-bond donors (Lipinski definition) is 4. The Kier molecular flexibility index (Phi) is 11.1. The lowest BCUT2D eigenvalue weighted by atomic mass is 9.79. The predicted octanol–water partition coefficient (Wildman–Crippen LogP) is 10.5. The summed E-state index contributed by atoms with van der Waals surface area (Å²) in [6, 6.07) is 20.1. The molecule has 0 bridgehead atoms. The van der Waals surface area contributed by atoms with Gasteiger partial charge in [-0.15, -0.1) is 0 Å². The highest BCUT2D eigenvalue weighted by Crippen LogP contribution is 2.47. The van der Waals surface area contributed by atoms with Crippen molar-refractivity contribution in [3.63, 3.8) is 0 Å². The molecule has 0 saturated heterocycles. The van der Waals surface area contributed by atoms with E-state index in [1.54, 1.807) is 6.08 Å². The van der Waals surface area contributed by atoms with Crippen LogP contribution in [0.3, 0.4) is 0 Å². The fourth-order valence-electron chi connectivity index (χ4n) is 8.04. The monoisotopic (exact) mass is 734 g/mol. The Labute approximate surface area is 328 Å². The Morgan fingerprint density at radius 1 is 0.714 bits per heavy atom. The van der Waals surface area contributed by atoms with Crippen molar-refractivity contribution in [2.24, 2.45) is 4.99 Å². The minimum atomic E-state index is -0.937. The number of carbonyl (C=O) groups excluding carboxylic acids is 1. The molecule has 56 heavy (non-hydrogen) atoms. The highest BCUT2D eigenvalue weighted by molar-refractivity contribution is 6.52.